The highest BCUT2D eigenvalue weighted by Gasteiger charge is 2.24. The number of carbonyl (C=O) groups excluding carboxylic acids is 1. The molecule has 0 spiro atoms. The third kappa shape index (κ3) is 4.88. The minimum absolute atomic E-state index is 0.00361. The van der Waals surface area contributed by atoms with Crippen molar-refractivity contribution < 1.29 is 4.79 Å². The smallest absolute Gasteiger partial charge is 0.251 e. The van der Waals surface area contributed by atoms with Crippen molar-refractivity contribution in [1.29, 1.82) is 0 Å². The summed E-state index contributed by atoms with van der Waals surface area (Å²) in [5.41, 5.74) is 3.26. The van der Waals surface area contributed by atoms with Gasteiger partial charge in [0.05, 0.1) is 6.54 Å². The zero-order valence-corrected chi connectivity index (χ0v) is 16.7. The molecule has 3 N–H and O–H groups in total. The summed E-state index contributed by atoms with van der Waals surface area (Å²) >= 11 is 1.66. The highest BCUT2D eigenvalue weighted by molar-refractivity contribution is 7.09. The van der Waals surface area contributed by atoms with Crippen LogP contribution in [-0.2, 0) is 11.3 Å². The third-order valence-electron chi connectivity index (χ3n) is 5.14. The van der Waals surface area contributed by atoms with Gasteiger partial charge in [-0.3, -0.25) is 15.1 Å². The molecule has 1 amide bonds. The van der Waals surface area contributed by atoms with E-state index in [1.807, 2.05) is 29.8 Å². The second-order valence-corrected chi connectivity index (χ2v) is 8.20. The van der Waals surface area contributed by atoms with Crippen LogP contribution in [0.2, 0.25) is 0 Å². The molecule has 28 heavy (non-hydrogen) atoms. The van der Waals surface area contributed by atoms with E-state index in [2.05, 4.69) is 45.2 Å². The first kappa shape index (κ1) is 18.9. The minimum atomic E-state index is -0.112. The molecule has 0 fully saturated rings. The summed E-state index contributed by atoms with van der Waals surface area (Å²) in [6, 6.07) is 4.26. The van der Waals surface area contributed by atoms with E-state index < -0.39 is 0 Å². The Bertz CT molecular complexity index is 848. The number of carbonyl (C=O) groups is 1. The molecule has 2 aliphatic carbocycles. The first-order valence-electron chi connectivity index (χ1n) is 9.89. The van der Waals surface area contributed by atoms with Crippen LogP contribution >= 0.6 is 11.3 Å². The Morgan fingerprint density at radius 2 is 2.29 bits per heavy atom. The van der Waals surface area contributed by atoms with Gasteiger partial charge in [0.1, 0.15) is 0 Å². The van der Waals surface area contributed by atoms with Crippen molar-refractivity contribution in [1.82, 2.24) is 16.0 Å². The second kappa shape index (κ2) is 9.17. The van der Waals surface area contributed by atoms with Gasteiger partial charge in [-0.2, -0.15) is 0 Å². The van der Waals surface area contributed by atoms with Gasteiger partial charge in [-0.15, -0.1) is 11.3 Å². The largest absolute Gasteiger partial charge is 0.355 e. The molecule has 5 nitrogen and oxygen atoms in total. The molecule has 2 heterocycles. The maximum absolute atomic E-state index is 12.6. The summed E-state index contributed by atoms with van der Waals surface area (Å²) in [6.45, 7) is 0.584. The zero-order chi connectivity index (χ0) is 19.2. The Kier molecular flexibility index (Phi) is 6.19. The van der Waals surface area contributed by atoms with E-state index in [0.717, 1.165) is 37.7 Å². The number of thiophene rings is 1. The van der Waals surface area contributed by atoms with Crippen molar-refractivity contribution >= 4 is 23.5 Å². The highest BCUT2D eigenvalue weighted by atomic mass is 32.1. The predicted octanol–water partition coefficient (Wildman–Crippen LogP) is 3.55. The number of nitrogens with zero attached hydrogens (tertiary/aromatic N) is 1. The molecule has 2 atom stereocenters. The summed E-state index contributed by atoms with van der Waals surface area (Å²) < 4.78 is 0. The van der Waals surface area contributed by atoms with Gasteiger partial charge in [-0.05, 0) is 49.3 Å². The fourth-order valence-corrected chi connectivity index (χ4v) is 4.29. The van der Waals surface area contributed by atoms with Crippen LogP contribution in [0.25, 0.3) is 0 Å². The molecule has 0 radical (unpaired) electrons. The highest BCUT2D eigenvalue weighted by Crippen LogP contribution is 2.23. The Labute approximate surface area is 170 Å². The predicted molar refractivity (Wildman–Crippen MR) is 115 cm³/mol. The maximum atomic E-state index is 12.6. The molecule has 0 saturated carbocycles. The second-order valence-electron chi connectivity index (χ2n) is 7.17. The minimum Gasteiger partial charge on any atom is -0.355 e. The number of nitrogens with one attached hydrogen (secondary N) is 3. The molecular weight excluding hydrogens is 368 g/mol. The molecule has 1 aliphatic heterocycles. The maximum Gasteiger partial charge on any atom is 0.251 e. The van der Waals surface area contributed by atoms with E-state index in [0.29, 0.717) is 6.54 Å². The topological polar surface area (TPSA) is 65.5 Å². The van der Waals surface area contributed by atoms with Crippen LogP contribution < -0.4 is 16.0 Å². The lowest BCUT2D eigenvalue weighted by atomic mass is 9.91. The van der Waals surface area contributed by atoms with E-state index in [9.17, 15) is 4.79 Å². The molecule has 0 saturated heterocycles. The first-order valence-corrected chi connectivity index (χ1v) is 10.8. The van der Waals surface area contributed by atoms with E-state index in [-0.39, 0.29) is 18.2 Å². The van der Waals surface area contributed by atoms with Gasteiger partial charge < -0.3 is 10.6 Å². The van der Waals surface area contributed by atoms with Crippen LogP contribution in [-0.4, -0.2) is 24.5 Å². The molecule has 0 aromatic carbocycles. The zero-order valence-electron chi connectivity index (χ0n) is 15.9. The molecule has 1 unspecified atom stereocenters. The molecule has 1 aromatic rings. The Hall–Kier alpha value is -2.44. The van der Waals surface area contributed by atoms with Crippen LogP contribution in [0.5, 0.6) is 0 Å². The number of allylic oxidation sites excluding steroid dienone is 5. The van der Waals surface area contributed by atoms with Crippen molar-refractivity contribution in [3.63, 3.8) is 0 Å². The third-order valence-corrected chi connectivity index (χ3v) is 6.02. The van der Waals surface area contributed by atoms with E-state index in [1.165, 1.54) is 16.1 Å². The lowest BCUT2D eigenvalue weighted by Crippen LogP contribution is -2.49. The van der Waals surface area contributed by atoms with Gasteiger partial charge in [-0.25, -0.2) is 0 Å². The van der Waals surface area contributed by atoms with Gasteiger partial charge >= 0.3 is 0 Å². The fourth-order valence-electron chi connectivity index (χ4n) is 3.65. The van der Waals surface area contributed by atoms with Crippen LogP contribution in [0.3, 0.4) is 0 Å². The van der Waals surface area contributed by atoms with Crippen molar-refractivity contribution in [2.75, 3.05) is 0 Å². The number of hydrogen-bond donors (Lipinski definition) is 3. The molecule has 6 heteroatoms. The molecule has 3 aliphatic rings. The summed E-state index contributed by atoms with van der Waals surface area (Å²) in [4.78, 5) is 18.3. The van der Waals surface area contributed by atoms with Crippen LogP contribution in [0.15, 0.2) is 69.7 Å². The first-order chi connectivity index (χ1) is 13.8. The van der Waals surface area contributed by atoms with Crippen molar-refractivity contribution in [3.05, 3.63) is 69.6 Å². The fraction of sp³-hybridized carbons (Fsp3) is 0.364. The molecule has 4 rings (SSSR count). The Morgan fingerprint density at radius 3 is 3.11 bits per heavy atom. The molecule has 0 bridgehead atoms. The van der Waals surface area contributed by atoms with E-state index in [4.69, 9.17) is 0 Å². The van der Waals surface area contributed by atoms with Gasteiger partial charge in [0.15, 0.2) is 6.29 Å². The summed E-state index contributed by atoms with van der Waals surface area (Å²) in [7, 11) is 0. The van der Waals surface area contributed by atoms with E-state index in [1.54, 1.807) is 11.3 Å². The molecule has 146 valence electrons. The average molecular weight is 395 g/mol. The number of hydrogen-bond acceptors (Lipinski definition) is 5. The Morgan fingerprint density at radius 1 is 1.32 bits per heavy atom. The number of amides is 1. The summed E-state index contributed by atoms with van der Waals surface area (Å²) in [5.74, 6) is 0.00361. The average Bonchev–Trinajstić information content (AvgIpc) is 3.27. The summed E-state index contributed by atoms with van der Waals surface area (Å²) in [6.07, 6.45) is 17.2. The molecule has 1 aromatic heterocycles. The van der Waals surface area contributed by atoms with Gasteiger partial charge in [-0.1, -0.05) is 29.9 Å². The monoisotopic (exact) mass is 394 g/mol. The molecular formula is C22H26N4OS. The standard InChI is InChI=1S/C22H26N4OS/c27-21(24-15-19-10-5-13-28-19)17-7-4-6-16(14-17)20-11-12-23-22(26-20)25-18-8-2-1-3-9-18/h1-2,5,7-8,10,12-14,20,22,25-26H,3-4,6,9,11,15H2,(H,24,27)/t20?,22-/m1/s1. The SMILES string of the molecule is O=C(NCc1cccs1)C1=CCCC(C2CC=N[C@H](NC3=CC=CCC3)N2)=C1. The number of rotatable bonds is 6. The van der Waals surface area contributed by atoms with Gasteiger partial charge in [0.25, 0.3) is 5.91 Å². The number of aliphatic imine (C=N–C) groups is 1. The van der Waals surface area contributed by atoms with Crippen molar-refractivity contribution in [3.8, 4) is 0 Å². The quantitative estimate of drug-likeness (QED) is 0.691. The summed E-state index contributed by atoms with van der Waals surface area (Å²) in [5, 5.41) is 12.1. The van der Waals surface area contributed by atoms with Gasteiger partial charge in [0, 0.05) is 34.8 Å². The van der Waals surface area contributed by atoms with Crippen LogP contribution in [0.4, 0.5) is 0 Å². The van der Waals surface area contributed by atoms with Crippen LogP contribution in [0.1, 0.15) is 37.0 Å². The lowest BCUT2D eigenvalue weighted by molar-refractivity contribution is -0.117. The normalized spacial score (nSPS) is 24.2. The van der Waals surface area contributed by atoms with Gasteiger partial charge in [0.2, 0.25) is 0 Å². The Balaban J connectivity index is 1.36. The van der Waals surface area contributed by atoms with Crippen molar-refractivity contribution in [2.45, 2.75) is 51.0 Å². The van der Waals surface area contributed by atoms with Crippen molar-refractivity contribution in [2.24, 2.45) is 4.99 Å². The van der Waals surface area contributed by atoms with E-state index >= 15 is 0 Å². The van der Waals surface area contributed by atoms with Crippen LogP contribution in [0, 0.1) is 0 Å². The lowest BCUT2D eigenvalue weighted by Gasteiger charge is -2.31.